The van der Waals surface area contributed by atoms with E-state index in [0.717, 1.165) is 6.42 Å². The van der Waals surface area contributed by atoms with Crippen molar-refractivity contribution in [2.24, 2.45) is 11.7 Å². The van der Waals surface area contributed by atoms with Crippen molar-refractivity contribution < 1.29 is 9.53 Å². The van der Waals surface area contributed by atoms with Gasteiger partial charge in [0.05, 0.1) is 7.11 Å². The van der Waals surface area contributed by atoms with Gasteiger partial charge in [0.1, 0.15) is 6.04 Å². The summed E-state index contributed by atoms with van der Waals surface area (Å²) >= 11 is 5.18. The predicted octanol–water partition coefficient (Wildman–Crippen LogP) is 3.31. The Kier molecular flexibility index (Phi) is 8.03. The second-order valence-corrected chi connectivity index (χ2v) is 6.72. The number of nitrogens with two attached hydrogens (primary N) is 1. The number of benzene rings is 1. The first-order chi connectivity index (χ1) is 10.9. The number of nitrogens with zero attached hydrogens (tertiary/aromatic N) is 1. The fourth-order valence-electron chi connectivity index (χ4n) is 2.63. The van der Waals surface area contributed by atoms with E-state index in [4.69, 9.17) is 22.7 Å². The highest BCUT2D eigenvalue weighted by Gasteiger charge is 2.28. The van der Waals surface area contributed by atoms with Gasteiger partial charge in [0.25, 0.3) is 0 Å². The topological polar surface area (TPSA) is 55.6 Å². The summed E-state index contributed by atoms with van der Waals surface area (Å²) in [6, 6.07) is 9.89. The van der Waals surface area contributed by atoms with Crippen molar-refractivity contribution in [1.82, 2.24) is 4.90 Å². The molecule has 0 saturated carbocycles. The van der Waals surface area contributed by atoms with Crippen LogP contribution in [-0.4, -0.2) is 35.7 Å². The first-order valence-electron chi connectivity index (χ1n) is 8.05. The van der Waals surface area contributed by atoms with Crippen molar-refractivity contribution in [1.29, 1.82) is 0 Å². The SMILES string of the molecule is COC(=O)C(CC(C)C)N(CCC(C)c1ccccc1)C(N)=S. The van der Waals surface area contributed by atoms with Crippen molar-refractivity contribution in [3.63, 3.8) is 0 Å². The maximum Gasteiger partial charge on any atom is 0.328 e. The molecule has 128 valence electrons. The number of hydrogen-bond acceptors (Lipinski definition) is 3. The highest BCUT2D eigenvalue weighted by atomic mass is 32.1. The zero-order valence-electron chi connectivity index (χ0n) is 14.5. The molecular formula is C18H28N2O2S. The van der Waals surface area contributed by atoms with Crippen molar-refractivity contribution in [3.8, 4) is 0 Å². The van der Waals surface area contributed by atoms with Gasteiger partial charge < -0.3 is 15.4 Å². The number of carbonyl (C=O) groups excluding carboxylic acids is 1. The number of rotatable bonds is 8. The highest BCUT2D eigenvalue weighted by molar-refractivity contribution is 7.80. The van der Waals surface area contributed by atoms with Crippen molar-refractivity contribution in [3.05, 3.63) is 35.9 Å². The smallest absolute Gasteiger partial charge is 0.328 e. The molecule has 2 unspecified atom stereocenters. The molecule has 1 aromatic rings. The van der Waals surface area contributed by atoms with Gasteiger partial charge in [-0.25, -0.2) is 4.79 Å². The van der Waals surface area contributed by atoms with Gasteiger partial charge in [0.2, 0.25) is 0 Å². The number of esters is 1. The van der Waals surface area contributed by atoms with Gasteiger partial charge in [-0.15, -0.1) is 0 Å². The first-order valence-corrected chi connectivity index (χ1v) is 8.46. The number of methoxy groups -OCH3 is 1. The molecule has 2 atom stereocenters. The van der Waals surface area contributed by atoms with E-state index in [1.165, 1.54) is 12.7 Å². The van der Waals surface area contributed by atoms with Gasteiger partial charge in [-0.3, -0.25) is 0 Å². The molecule has 0 aromatic heterocycles. The molecule has 1 aromatic carbocycles. The third-order valence-corrected chi connectivity index (χ3v) is 4.23. The molecule has 0 amide bonds. The lowest BCUT2D eigenvalue weighted by Crippen LogP contribution is -2.49. The average molecular weight is 337 g/mol. The standard InChI is InChI=1S/C18H28N2O2S/c1-13(2)12-16(17(21)22-4)20(18(19)23)11-10-14(3)15-8-6-5-7-9-15/h5-9,13-14,16H,10-12H2,1-4H3,(H2,19,23). The van der Waals surface area contributed by atoms with E-state index < -0.39 is 6.04 Å². The number of hydrogen-bond donors (Lipinski definition) is 1. The van der Waals surface area contributed by atoms with E-state index in [2.05, 4.69) is 32.9 Å². The van der Waals surface area contributed by atoms with E-state index in [-0.39, 0.29) is 11.1 Å². The molecule has 0 fully saturated rings. The van der Waals surface area contributed by atoms with E-state index in [9.17, 15) is 4.79 Å². The highest BCUT2D eigenvalue weighted by Crippen LogP contribution is 2.21. The molecule has 23 heavy (non-hydrogen) atoms. The summed E-state index contributed by atoms with van der Waals surface area (Å²) < 4.78 is 4.94. The molecule has 0 radical (unpaired) electrons. The molecule has 1 rings (SSSR count). The number of ether oxygens (including phenoxy) is 1. The van der Waals surface area contributed by atoms with Crippen LogP contribution in [0.2, 0.25) is 0 Å². The van der Waals surface area contributed by atoms with Crippen molar-refractivity contribution >= 4 is 23.3 Å². The molecular weight excluding hydrogens is 308 g/mol. The summed E-state index contributed by atoms with van der Waals surface area (Å²) in [4.78, 5) is 13.9. The third-order valence-electron chi connectivity index (χ3n) is 4.00. The van der Waals surface area contributed by atoms with E-state index in [1.54, 1.807) is 4.90 Å². The van der Waals surface area contributed by atoms with Crippen LogP contribution in [0.5, 0.6) is 0 Å². The molecule has 4 nitrogen and oxygen atoms in total. The van der Waals surface area contributed by atoms with Crippen LogP contribution in [0, 0.1) is 5.92 Å². The molecule has 0 heterocycles. The van der Waals surface area contributed by atoms with Crippen LogP contribution in [0.1, 0.15) is 45.1 Å². The monoisotopic (exact) mass is 336 g/mol. The minimum Gasteiger partial charge on any atom is -0.467 e. The Morgan fingerprint density at radius 2 is 1.87 bits per heavy atom. The molecule has 0 spiro atoms. The van der Waals surface area contributed by atoms with Crippen LogP contribution in [0.15, 0.2) is 30.3 Å². The quantitative estimate of drug-likeness (QED) is 0.583. The predicted molar refractivity (Wildman–Crippen MR) is 98.2 cm³/mol. The molecule has 0 aliphatic heterocycles. The van der Waals surface area contributed by atoms with E-state index >= 15 is 0 Å². The Bertz CT molecular complexity index is 505. The second-order valence-electron chi connectivity index (χ2n) is 6.30. The summed E-state index contributed by atoms with van der Waals surface area (Å²) in [5.74, 6) is 0.437. The minimum absolute atomic E-state index is 0.251. The Balaban J connectivity index is 2.80. The van der Waals surface area contributed by atoms with Crippen LogP contribution < -0.4 is 5.73 Å². The van der Waals surface area contributed by atoms with Crippen molar-refractivity contribution in [2.45, 2.75) is 45.6 Å². The Labute approximate surface area is 145 Å². The molecule has 0 bridgehead atoms. The number of thiocarbonyl (C=S) groups is 1. The van der Waals surface area contributed by atoms with Crippen LogP contribution in [0.25, 0.3) is 0 Å². The van der Waals surface area contributed by atoms with Gasteiger partial charge >= 0.3 is 5.97 Å². The Morgan fingerprint density at radius 3 is 2.35 bits per heavy atom. The molecule has 0 aliphatic rings. The molecule has 5 heteroatoms. The van der Waals surface area contributed by atoms with Crippen LogP contribution in [0.4, 0.5) is 0 Å². The normalized spacial score (nSPS) is 13.4. The van der Waals surface area contributed by atoms with Crippen molar-refractivity contribution in [2.75, 3.05) is 13.7 Å². The molecule has 0 saturated heterocycles. The van der Waals surface area contributed by atoms with E-state index in [1.807, 2.05) is 18.2 Å². The lowest BCUT2D eigenvalue weighted by Gasteiger charge is -2.32. The van der Waals surface area contributed by atoms with Crippen LogP contribution in [0.3, 0.4) is 0 Å². The second kappa shape index (κ2) is 9.50. The third kappa shape index (κ3) is 6.18. The first kappa shape index (κ1) is 19.4. The van der Waals surface area contributed by atoms with Gasteiger partial charge in [-0.2, -0.15) is 0 Å². The van der Waals surface area contributed by atoms with E-state index in [0.29, 0.717) is 24.8 Å². The number of carbonyl (C=O) groups is 1. The summed E-state index contributed by atoms with van der Waals surface area (Å²) in [5, 5.41) is 0.251. The summed E-state index contributed by atoms with van der Waals surface area (Å²) in [6.07, 6.45) is 1.54. The van der Waals surface area contributed by atoms with Crippen LogP contribution in [-0.2, 0) is 9.53 Å². The van der Waals surface area contributed by atoms with Gasteiger partial charge in [0, 0.05) is 6.54 Å². The fourth-order valence-corrected chi connectivity index (χ4v) is 2.85. The van der Waals surface area contributed by atoms with Gasteiger partial charge in [-0.1, -0.05) is 51.1 Å². The van der Waals surface area contributed by atoms with Crippen LogP contribution >= 0.6 is 12.2 Å². The maximum absolute atomic E-state index is 12.1. The fraction of sp³-hybridized carbons (Fsp3) is 0.556. The average Bonchev–Trinajstić information content (AvgIpc) is 2.53. The minimum atomic E-state index is -0.416. The summed E-state index contributed by atoms with van der Waals surface area (Å²) in [5.41, 5.74) is 7.15. The maximum atomic E-state index is 12.1. The lowest BCUT2D eigenvalue weighted by molar-refractivity contribution is -0.146. The zero-order chi connectivity index (χ0) is 17.4. The zero-order valence-corrected chi connectivity index (χ0v) is 15.3. The Hall–Kier alpha value is -1.62. The largest absolute Gasteiger partial charge is 0.467 e. The van der Waals surface area contributed by atoms with Gasteiger partial charge in [0.15, 0.2) is 5.11 Å². The lowest BCUT2D eigenvalue weighted by atomic mass is 9.96. The summed E-state index contributed by atoms with van der Waals surface area (Å²) in [6.45, 7) is 6.95. The molecule has 0 aliphatic carbocycles. The van der Waals surface area contributed by atoms with Gasteiger partial charge in [-0.05, 0) is 42.5 Å². The Morgan fingerprint density at radius 1 is 1.26 bits per heavy atom. The molecule has 2 N–H and O–H groups in total. The summed E-state index contributed by atoms with van der Waals surface area (Å²) in [7, 11) is 1.40.